The van der Waals surface area contributed by atoms with Gasteiger partial charge in [-0.15, -0.1) is 0 Å². The van der Waals surface area contributed by atoms with E-state index in [9.17, 15) is 14.3 Å². The Morgan fingerprint density at radius 1 is 0.944 bits per heavy atom. The number of hydrogen-bond acceptors (Lipinski definition) is 2. The monoisotopic (exact) mass is 242 g/mol. The van der Waals surface area contributed by atoms with E-state index in [1.807, 2.05) is 0 Å². The molecule has 0 aliphatic carbocycles. The number of rotatable bonds is 3. The number of hydrogen-bond donors (Lipinski definition) is 1. The van der Waals surface area contributed by atoms with Crippen LogP contribution in [0, 0.1) is 5.82 Å². The second kappa shape index (κ2) is 5.27. The molecule has 3 heteroatoms. The first-order valence-electron chi connectivity index (χ1n) is 5.41. The number of aromatic hydroxyl groups is 1. The maximum absolute atomic E-state index is 12.9. The number of carbonyl (C=O) groups is 1. The van der Waals surface area contributed by atoms with E-state index in [2.05, 4.69) is 0 Å². The molecule has 0 saturated carbocycles. The van der Waals surface area contributed by atoms with E-state index >= 15 is 0 Å². The van der Waals surface area contributed by atoms with E-state index in [0.29, 0.717) is 11.9 Å². The quantitative estimate of drug-likeness (QED) is 0.663. The predicted molar refractivity (Wildman–Crippen MR) is 67.6 cm³/mol. The third-order valence-corrected chi connectivity index (χ3v) is 2.57. The topological polar surface area (TPSA) is 37.3 Å². The second-order valence-electron chi connectivity index (χ2n) is 3.77. The van der Waals surface area contributed by atoms with Gasteiger partial charge in [0.15, 0.2) is 0 Å². The smallest absolute Gasteiger partial charge is 0.143 e. The van der Waals surface area contributed by atoms with E-state index in [1.54, 1.807) is 24.3 Å². The van der Waals surface area contributed by atoms with Gasteiger partial charge in [-0.25, -0.2) is 4.39 Å². The lowest BCUT2D eigenvalue weighted by Crippen LogP contribution is -1.89. The molecule has 0 bridgehead atoms. The molecule has 0 heterocycles. The Bertz CT molecular complexity index is 521. The molecule has 2 aromatic carbocycles. The molecule has 0 amide bonds. The van der Waals surface area contributed by atoms with Crippen molar-refractivity contribution in [2.24, 2.45) is 0 Å². The standard InChI is InChI=1S/C15H11FO2/c16-13-5-1-11(2-6-13)15(9-10-17)12-3-7-14(18)8-4-12/h1-10,18H/b15-9-. The van der Waals surface area contributed by atoms with Gasteiger partial charge in [-0.2, -0.15) is 0 Å². The van der Waals surface area contributed by atoms with Crippen LogP contribution in [0.3, 0.4) is 0 Å². The number of phenols is 1. The molecule has 0 aromatic heterocycles. The number of allylic oxidation sites excluding steroid dienone is 1. The zero-order valence-electron chi connectivity index (χ0n) is 9.51. The summed E-state index contributed by atoms with van der Waals surface area (Å²) in [5.41, 5.74) is 2.21. The summed E-state index contributed by atoms with van der Waals surface area (Å²) in [5, 5.41) is 9.24. The van der Waals surface area contributed by atoms with Crippen LogP contribution >= 0.6 is 0 Å². The summed E-state index contributed by atoms with van der Waals surface area (Å²) in [4.78, 5) is 10.7. The van der Waals surface area contributed by atoms with Crippen molar-refractivity contribution in [1.82, 2.24) is 0 Å². The highest BCUT2D eigenvalue weighted by Crippen LogP contribution is 2.24. The Labute approximate surface area is 104 Å². The van der Waals surface area contributed by atoms with Crippen molar-refractivity contribution in [3.63, 3.8) is 0 Å². The predicted octanol–water partition coefficient (Wildman–Crippen LogP) is 3.16. The molecule has 0 spiro atoms. The van der Waals surface area contributed by atoms with Gasteiger partial charge >= 0.3 is 0 Å². The molecule has 18 heavy (non-hydrogen) atoms. The van der Waals surface area contributed by atoms with Crippen LogP contribution in [0.15, 0.2) is 54.6 Å². The molecule has 0 fully saturated rings. The number of benzene rings is 2. The molecule has 2 nitrogen and oxygen atoms in total. The molecule has 2 aromatic rings. The van der Waals surface area contributed by atoms with Crippen molar-refractivity contribution in [3.8, 4) is 5.75 Å². The van der Waals surface area contributed by atoms with Gasteiger partial charge in [0.05, 0.1) is 0 Å². The van der Waals surface area contributed by atoms with Gasteiger partial charge in [-0.05, 0) is 47.0 Å². The fourth-order valence-corrected chi connectivity index (χ4v) is 1.70. The van der Waals surface area contributed by atoms with Gasteiger partial charge in [0.1, 0.15) is 17.9 Å². The van der Waals surface area contributed by atoms with Gasteiger partial charge in [-0.1, -0.05) is 24.3 Å². The average molecular weight is 242 g/mol. The summed E-state index contributed by atoms with van der Waals surface area (Å²) in [6, 6.07) is 12.4. The van der Waals surface area contributed by atoms with Crippen molar-refractivity contribution < 1.29 is 14.3 Å². The van der Waals surface area contributed by atoms with E-state index in [1.165, 1.54) is 30.3 Å². The zero-order valence-corrected chi connectivity index (χ0v) is 9.51. The number of phenolic OH excluding ortho intramolecular Hbond substituents is 1. The van der Waals surface area contributed by atoms with Crippen molar-refractivity contribution in [2.45, 2.75) is 0 Å². The molecule has 0 aliphatic heterocycles. The van der Waals surface area contributed by atoms with Crippen LogP contribution in [-0.2, 0) is 4.79 Å². The van der Waals surface area contributed by atoms with Crippen molar-refractivity contribution in [2.75, 3.05) is 0 Å². The fraction of sp³-hybridized carbons (Fsp3) is 0. The van der Waals surface area contributed by atoms with E-state index in [-0.39, 0.29) is 11.6 Å². The third-order valence-electron chi connectivity index (χ3n) is 2.57. The highest BCUT2D eigenvalue weighted by molar-refractivity contribution is 5.89. The van der Waals surface area contributed by atoms with Crippen LogP contribution in [-0.4, -0.2) is 11.4 Å². The lowest BCUT2D eigenvalue weighted by Gasteiger charge is -2.07. The molecule has 0 aliphatic rings. The summed E-state index contributed by atoms with van der Waals surface area (Å²) in [7, 11) is 0. The lowest BCUT2D eigenvalue weighted by atomic mass is 9.98. The molecule has 0 unspecified atom stereocenters. The Morgan fingerprint density at radius 2 is 1.44 bits per heavy atom. The summed E-state index contributed by atoms with van der Waals surface area (Å²) >= 11 is 0. The van der Waals surface area contributed by atoms with E-state index < -0.39 is 0 Å². The number of aldehydes is 1. The van der Waals surface area contributed by atoms with Crippen LogP contribution in [0.5, 0.6) is 5.75 Å². The normalized spacial score (nSPS) is 11.3. The second-order valence-corrected chi connectivity index (χ2v) is 3.77. The molecular formula is C15H11FO2. The van der Waals surface area contributed by atoms with Crippen molar-refractivity contribution >= 4 is 11.9 Å². The maximum Gasteiger partial charge on any atom is 0.143 e. The van der Waals surface area contributed by atoms with Gasteiger partial charge in [0, 0.05) is 0 Å². The summed E-state index contributed by atoms with van der Waals surface area (Å²) in [5.74, 6) is -0.168. The fourth-order valence-electron chi connectivity index (χ4n) is 1.70. The molecule has 0 atom stereocenters. The first kappa shape index (κ1) is 12.0. The van der Waals surface area contributed by atoms with Gasteiger partial charge in [-0.3, -0.25) is 4.79 Å². The summed E-state index contributed by atoms with van der Waals surface area (Å²) in [6.45, 7) is 0. The van der Waals surface area contributed by atoms with Crippen LogP contribution in [0.25, 0.3) is 5.57 Å². The Balaban J connectivity index is 2.46. The first-order valence-corrected chi connectivity index (χ1v) is 5.41. The minimum atomic E-state index is -0.324. The lowest BCUT2D eigenvalue weighted by molar-refractivity contribution is -0.104. The van der Waals surface area contributed by atoms with Crippen LogP contribution in [0.1, 0.15) is 11.1 Å². The number of carbonyl (C=O) groups excluding carboxylic acids is 1. The minimum absolute atomic E-state index is 0.156. The Hall–Kier alpha value is -2.42. The van der Waals surface area contributed by atoms with E-state index in [4.69, 9.17) is 0 Å². The average Bonchev–Trinajstić information content (AvgIpc) is 2.39. The molecular weight excluding hydrogens is 231 g/mol. The summed E-state index contributed by atoms with van der Waals surface area (Å²) < 4.78 is 12.9. The van der Waals surface area contributed by atoms with Crippen LogP contribution in [0.4, 0.5) is 4.39 Å². The highest BCUT2D eigenvalue weighted by Gasteiger charge is 2.05. The van der Waals surface area contributed by atoms with Crippen molar-refractivity contribution in [3.05, 3.63) is 71.6 Å². The highest BCUT2D eigenvalue weighted by atomic mass is 19.1. The third kappa shape index (κ3) is 2.63. The minimum Gasteiger partial charge on any atom is -0.508 e. The first-order chi connectivity index (χ1) is 8.70. The van der Waals surface area contributed by atoms with Gasteiger partial charge < -0.3 is 5.11 Å². The maximum atomic E-state index is 12.9. The number of halogens is 1. The Morgan fingerprint density at radius 3 is 1.94 bits per heavy atom. The van der Waals surface area contributed by atoms with Crippen LogP contribution < -0.4 is 0 Å². The van der Waals surface area contributed by atoms with Crippen LogP contribution in [0.2, 0.25) is 0 Å². The SMILES string of the molecule is O=C/C=C(\c1ccc(O)cc1)c1ccc(F)cc1. The molecule has 90 valence electrons. The largest absolute Gasteiger partial charge is 0.508 e. The molecule has 2 rings (SSSR count). The van der Waals surface area contributed by atoms with Gasteiger partial charge in [0.25, 0.3) is 0 Å². The molecule has 1 N–H and O–H groups in total. The Kier molecular flexibility index (Phi) is 3.53. The molecule has 0 saturated heterocycles. The summed E-state index contributed by atoms with van der Waals surface area (Å²) in [6.07, 6.45) is 2.10. The van der Waals surface area contributed by atoms with Crippen molar-refractivity contribution in [1.29, 1.82) is 0 Å². The molecule has 0 radical (unpaired) electrons. The van der Waals surface area contributed by atoms with E-state index in [0.717, 1.165) is 11.1 Å². The van der Waals surface area contributed by atoms with Gasteiger partial charge in [0.2, 0.25) is 0 Å². The zero-order chi connectivity index (χ0) is 13.0.